The second-order valence-corrected chi connectivity index (χ2v) is 7.17. The van der Waals surface area contributed by atoms with Gasteiger partial charge in [-0.15, -0.1) is 0 Å². The molecule has 2 fully saturated rings. The molecule has 0 nitrogen and oxygen atoms in total. The van der Waals surface area contributed by atoms with Gasteiger partial charge in [-0.25, -0.2) is 0 Å². The zero-order valence-corrected chi connectivity index (χ0v) is 11.1. The van der Waals surface area contributed by atoms with Crippen molar-refractivity contribution in [3.05, 3.63) is 0 Å². The topological polar surface area (TPSA) is 0 Å². The average molecular weight is 208 g/mol. The van der Waals surface area contributed by atoms with E-state index in [1.807, 2.05) is 0 Å². The minimum Gasteiger partial charge on any atom is -0.0625 e. The molecule has 4 atom stereocenters. The van der Waals surface area contributed by atoms with Crippen molar-refractivity contribution in [1.82, 2.24) is 0 Å². The van der Waals surface area contributed by atoms with Crippen LogP contribution in [0.15, 0.2) is 0 Å². The van der Waals surface area contributed by atoms with Crippen molar-refractivity contribution in [3.63, 3.8) is 0 Å². The van der Waals surface area contributed by atoms with Crippen LogP contribution in [0.25, 0.3) is 0 Å². The normalized spacial score (nSPS) is 36.0. The molecule has 0 saturated heterocycles. The van der Waals surface area contributed by atoms with E-state index in [0.29, 0.717) is 0 Å². The molecule has 0 spiro atoms. The van der Waals surface area contributed by atoms with Crippen molar-refractivity contribution in [2.75, 3.05) is 0 Å². The summed E-state index contributed by atoms with van der Waals surface area (Å²) in [5.74, 6) is 4.06. The van der Waals surface area contributed by atoms with Crippen molar-refractivity contribution in [1.29, 1.82) is 0 Å². The molecular weight excluding hydrogens is 180 g/mol. The molecular formula is C15H28. The Hall–Kier alpha value is 0. The Morgan fingerprint density at radius 1 is 1.20 bits per heavy atom. The standard InChI is InChI=1S/C15H28/c1-11(8-14-9-13(14)3)7-12(2)10-15(4)5-6-15/h11-14H,5-10H2,1-4H3. The van der Waals surface area contributed by atoms with Crippen LogP contribution >= 0.6 is 0 Å². The van der Waals surface area contributed by atoms with Gasteiger partial charge in [0.1, 0.15) is 0 Å². The van der Waals surface area contributed by atoms with Crippen LogP contribution in [-0.4, -0.2) is 0 Å². The third kappa shape index (κ3) is 3.50. The first-order chi connectivity index (χ1) is 6.98. The summed E-state index contributed by atoms with van der Waals surface area (Å²) in [6, 6.07) is 0. The van der Waals surface area contributed by atoms with Crippen molar-refractivity contribution >= 4 is 0 Å². The predicted molar refractivity (Wildman–Crippen MR) is 66.8 cm³/mol. The van der Waals surface area contributed by atoms with Crippen LogP contribution in [0, 0.1) is 29.1 Å². The maximum Gasteiger partial charge on any atom is -0.0323 e. The van der Waals surface area contributed by atoms with Crippen LogP contribution in [0.1, 0.15) is 66.2 Å². The Labute approximate surface area is 95.8 Å². The minimum absolute atomic E-state index is 0.756. The summed E-state index contributed by atoms with van der Waals surface area (Å²) in [6.07, 6.45) is 8.95. The second kappa shape index (κ2) is 4.11. The van der Waals surface area contributed by atoms with Crippen molar-refractivity contribution in [2.24, 2.45) is 29.1 Å². The van der Waals surface area contributed by atoms with E-state index in [2.05, 4.69) is 27.7 Å². The third-order valence-electron chi connectivity index (χ3n) is 4.73. The summed E-state index contributed by atoms with van der Waals surface area (Å²) in [5, 5.41) is 0. The fraction of sp³-hybridized carbons (Fsp3) is 1.00. The summed E-state index contributed by atoms with van der Waals surface area (Å²) in [5.41, 5.74) is 0.756. The monoisotopic (exact) mass is 208 g/mol. The molecule has 2 saturated carbocycles. The van der Waals surface area contributed by atoms with Crippen molar-refractivity contribution in [2.45, 2.75) is 66.2 Å². The van der Waals surface area contributed by atoms with Gasteiger partial charge < -0.3 is 0 Å². The fourth-order valence-electron chi connectivity index (χ4n) is 3.37. The third-order valence-corrected chi connectivity index (χ3v) is 4.73. The molecule has 88 valence electrons. The fourth-order valence-corrected chi connectivity index (χ4v) is 3.37. The molecule has 0 aromatic heterocycles. The lowest BCUT2D eigenvalue weighted by Gasteiger charge is -2.20. The molecule has 0 N–H and O–H groups in total. The average Bonchev–Trinajstić information content (AvgIpc) is 2.95. The predicted octanol–water partition coefficient (Wildman–Crippen LogP) is 4.89. The molecule has 0 aromatic carbocycles. The molecule has 0 aromatic rings. The molecule has 4 unspecified atom stereocenters. The molecule has 0 radical (unpaired) electrons. The molecule has 2 aliphatic rings. The molecule has 0 bridgehead atoms. The Bertz CT molecular complexity index is 214. The molecule has 2 aliphatic carbocycles. The maximum atomic E-state index is 2.47. The van der Waals surface area contributed by atoms with Crippen LogP contribution < -0.4 is 0 Å². The Morgan fingerprint density at radius 2 is 1.80 bits per heavy atom. The number of rotatable bonds is 6. The van der Waals surface area contributed by atoms with Crippen LogP contribution in [0.2, 0.25) is 0 Å². The second-order valence-electron chi connectivity index (χ2n) is 7.17. The summed E-state index contributed by atoms with van der Waals surface area (Å²) in [7, 11) is 0. The highest BCUT2D eigenvalue weighted by Crippen LogP contribution is 2.51. The van der Waals surface area contributed by atoms with Crippen LogP contribution in [0.3, 0.4) is 0 Å². The highest BCUT2D eigenvalue weighted by Gasteiger charge is 2.38. The van der Waals surface area contributed by atoms with Crippen LogP contribution in [0.4, 0.5) is 0 Å². The Morgan fingerprint density at radius 3 is 2.27 bits per heavy atom. The zero-order chi connectivity index (χ0) is 11.1. The van der Waals surface area contributed by atoms with Gasteiger partial charge in [0.2, 0.25) is 0 Å². The van der Waals surface area contributed by atoms with Gasteiger partial charge in [0.25, 0.3) is 0 Å². The molecule has 15 heavy (non-hydrogen) atoms. The van der Waals surface area contributed by atoms with E-state index in [0.717, 1.165) is 29.1 Å². The highest BCUT2D eigenvalue weighted by atomic mass is 14.4. The van der Waals surface area contributed by atoms with Crippen molar-refractivity contribution < 1.29 is 0 Å². The van der Waals surface area contributed by atoms with E-state index < -0.39 is 0 Å². The Balaban J connectivity index is 1.62. The van der Waals surface area contributed by atoms with E-state index in [9.17, 15) is 0 Å². The van der Waals surface area contributed by atoms with Gasteiger partial charge in [-0.2, -0.15) is 0 Å². The minimum atomic E-state index is 0.756. The lowest BCUT2D eigenvalue weighted by Crippen LogP contribution is -2.08. The number of hydrogen-bond acceptors (Lipinski definition) is 0. The van der Waals surface area contributed by atoms with E-state index in [1.54, 1.807) is 0 Å². The van der Waals surface area contributed by atoms with E-state index in [4.69, 9.17) is 0 Å². The van der Waals surface area contributed by atoms with E-state index in [1.165, 1.54) is 38.5 Å². The van der Waals surface area contributed by atoms with Gasteiger partial charge >= 0.3 is 0 Å². The molecule has 0 heteroatoms. The van der Waals surface area contributed by atoms with Gasteiger partial charge in [-0.1, -0.05) is 27.7 Å². The van der Waals surface area contributed by atoms with Gasteiger partial charge in [0.05, 0.1) is 0 Å². The summed E-state index contributed by atoms with van der Waals surface area (Å²) in [6.45, 7) is 9.82. The smallest absolute Gasteiger partial charge is 0.0323 e. The quantitative estimate of drug-likeness (QED) is 0.583. The number of hydrogen-bond donors (Lipinski definition) is 0. The van der Waals surface area contributed by atoms with Gasteiger partial charge in [-0.05, 0) is 67.6 Å². The first-order valence-corrected chi connectivity index (χ1v) is 6.98. The lowest BCUT2D eigenvalue weighted by atomic mass is 9.86. The van der Waals surface area contributed by atoms with Crippen molar-refractivity contribution in [3.8, 4) is 0 Å². The molecule has 0 aliphatic heterocycles. The van der Waals surface area contributed by atoms with Crippen LogP contribution in [0.5, 0.6) is 0 Å². The van der Waals surface area contributed by atoms with E-state index >= 15 is 0 Å². The lowest BCUT2D eigenvalue weighted by molar-refractivity contribution is 0.314. The summed E-state index contributed by atoms with van der Waals surface area (Å²) >= 11 is 0. The van der Waals surface area contributed by atoms with Gasteiger partial charge in [0, 0.05) is 0 Å². The first kappa shape index (κ1) is 11.5. The molecule has 0 heterocycles. The summed E-state index contributed by atoms with van der Waals surface area (Å²) < 4.78 is 0. The maximum absolute atomic E-state index is 2.47. The highest BCUT2D eigenvalue weighted by molar-refractivity contribution is 4.90. The van der Waals surface area contributed by atoms with Crippen LogP contribution in [-0.2, 0) is 0 Å². The molecule has 0 amide bonds. The molecule has 2 rings (SSSR count). The first-order valence-electron chi connectivity index (χ1n) is 6.98. The zero-order valence-electron chi connectivity index (χ0n) is 11.1. The van der Waals surface area contributed by atoms with E-state index in [-0.39, 0.29) is 0 Å². The van der Waals surface area contributed by atoms with Gasteiger partial charge in [0.15, 0.2) is 0 Å². The van der Waals surface area contributed by atoms with Gasteiger partial charge in [-0.3, -0.25) is 0 Å². The SMILES string of the molecule is CC(CC(C)CC1(C)CC1)CC1CC1C. The largest absolute Gasteiger partial charge is 0.0625 e. The summed E-state index contributed by atoms with van der Waals surface area (Å²) in [4.78, 5) is 0. The Kier molecular flexibility index (Phi) is 3.14.